The number of aliphatic hydroxyl groups is 1. The summed E-state index contributed by atoms with van der Waals surface area (Å²) in [6, 6.07) is 7.88. The zero-order valence-corrected chi connectivity index (χ0v) is 10.3. The number of hydrogen-bond donors (Lipinski definition) is 3. The van der Waals surface area contributed by atoms with Crippen LogP contribution in [0.15, 0.2) is 24.3 Å². The molecule has 0 aliphatic heterocycles. The van der Waals surface area contributed by atoms with E-state index in [1.807, 2.05) is 24.3 Å². The van der Waals surface area contributed by atoms with Gasteiger partial charge < -0.3 is 15.8 Å². The number of anilines is 1. The summed E-state index contributed by atoms with van der Waals surface area (Å²) in [6.45, 7) is 0. The van der Waals surface area contributed by atoms with Gasteiger partial charge in [-0.25, -0.2) is 9.97 Å². The lowest BCUT2D eigenvalue weighted by molar-refractivity contribution is 0.0720. The first-order chi connectivity index (χ1) is 9.22. The predicted molar refractivity (Wildman–Crippen MR) is 73.8 cm³/mol. The number of nitrogens with two attached hydrogens (primary N) is 1. The Kier molecular flexibility index (Phi) is 2.08. The number of pyridine rings is 1. The van der Waals surface area contributed by atoms with Crippen LogP contribution >= 0.6 is 0 Å². The van der Waals surface area contributed by atoms with E-state index in [2.05, 4.69) is 15.0 Å². The van der Waals surface area contributed by atoms with Crippen LogP contribution in [0.3, 0.4) is 0 Å². The highest BCUT2D eigenvalue weighted by molar-refractivity contribution is 6.06. The van der Waals surface area contributed by atoms with E-state index < -0.39 is 0 Å². The number of H-pyrrole nitrogens is 1. The van der Waals surface area contributed by atoms with Gasteiger partial charge in [0.1, 0.15) is 11.3 Å². The molecule has 0 radical (unpaired) electrons. The summed E-state index contributed by atoms with van der Waals surface area (Å²) in [5.74, 6) is 1.67. The molecule has 0 atom stereocenters. The van der Waals surface area contributed by atoms with Crippen molar-refractivity contribution in [1.29, 1.82) is 0 Å². The van der Waals surface area contributed by atoms with E-state index in [4.69, 9.17) is 5.73 Å². The lowest BCUT2D eigenvalue weighted by Gasteiger charge is -2.29. The molecule has 5 heteroatoms. The highest BCUT2D eigenvalue weighted by atomic mass is 16.3. The van der Waals surface area contributed by atoms with Gasteiger partial charge in [-0.05, 0) is 18.9 Å². The number of para-hydroxylation sites is 1. The number of nitrogen functional groups attached to an aromatic ring is 1. The van der Waals surface area contributed by atoms with Gasteiger partial charge in [0.25, 0.3) is 0 Å². The smallest absolute Gasteiger partial charge is 0.152 e. The quantitative estimate of drug-likeness (QED) is 0.619. The summed E-state index contributed by atoms with van der Waals surface area (Å²) in [5.41, 5.74) is 8.53. The maximum atomic E-state index is 9.40. The number of aromatic nitrogens is 3. The van der Waals surface area contributed by atoms with Crippen LogP contribution in [0.1, 0.15) is 24.6 Å². The second kappa shape index (κ2) is 3.68. The molecule has 96 valence electrons. The molecule has 1 aliphatic carbocycles. The van der Waals surface area contributed by atoms with Crippen LogP contribution < -0.4 is 5.73 Å². The van der Waals surface area contributed by atoms with Crippen LogP contribution in [0, 0.1) is 0 Å². The molecule has 5 nitrogen and oxygen atoms in total. The van der Waals surface area contributed by atoms with Gasteiger partial charge in [-0.1, -0.05) is 18.2 Å². The van der Waals surface area contributed by atoms with Crippen LogP contribution in [0.4, 0.5) is 5.82 Å². The highest BCUT2D eigenvalue weighted by Gasteiger charge is 2.31. The number of rotatable bonds is 1. The fourth-order valence-corrected chi connectivity index (χ4v) is 2.74. The molecular weight excluding hydrogens is 240 g/mol. The Labute approximate surface area is 109 Å². The van der Waals surface area contributed by atoms with Crippen molar-refractivity contribution in [2.75, 3.05) is 5.73 Å². The molecule has 2 heterocycles. The number of fused-ring (bicyclic) bond motifs is 3. The first-order valence-corrected chi connectivity index (χ1v) is 6.44. The molecule has 1 aromatic carbocycles. The van der Waals surface area contributed by atoms with Crippen molar-refractivity contribution in [1.82, 2.24) is 15.0 Å². The minimum absolute atomic E-state index is 0.189. The van der Waals surface area contributed by atoms with Crippen LogP contribution in [0.25, 0.3) is 21.9 Å². The minimum atomic E-state index is -0.189. The molecule has 4 rings (SSSR count). The Morgan fingerprint density at radius 1 is 1.21 bits per heavy atom. The summed E-state index contributed by atoms with van der Waals surface area (Å²) < 4.78 is 0. The van der Waals surface area contributed by atoms with Crippen molar-refractivity contribution < 1.29 is 5.11 Å². The topological polar surface area (TPSA) is 87.8 Å². The van der Waals surface area contributed by atoms with Gasteiger partial charge >= 0.3 is 0 Å². The Balaban J connectivity index is 1.96. The van der Waals surface area contributed by atoms with E-state index in [-0.39, 0.29) is 6.10 Å². The fraction of sp³-hybridized carbons (Fsp3) is 0.286. The number of nitrogens with one attached hydrogen (secondary N) is 1. The number of hydrogen-bond acceptors (Lipinski definition) is 4. The third kappa shape index (κ3) is 1.51. The molecular formula is C14H14N4O. The average molecular weight is 254 g/mol. The summed E-state index contributed by atoms with van der Waals surface area (Å²) in [7, 11) is 0. The number of aliphatic hydroxyl groups excluding tert-OH is 1. The lowest BCUT2D eigenvalue weighted by Crippen LogP contribution is -2.27. The van der Waals surface area contributed by atoms with Gasteiger partial charge in [-0.3, -0.25) is 0 Å². The molecule has 0 unspecified atom stereocenters. The molecule has 19 heavy (non-hydrogen) atoms. The Morgan fingerprint density at radius 3 is 2.79 bits per heavy atom. The second-order valence-corrected chi connectivity index (χ2v) is 5.18. The minimum Gasteiger partial charge on any atom is -0.393 e. The predicted octanol–water partition coefficient (Wildman–Crippen LogP) is 1.93. The maximum Gasteiger partial charge on any atom is 0.152 e. The van der Waals surface area contributed by atoms with Crippen molar-refractivity contribution in [3.05, 3.63) is 30.1 Å². The number of imidazole rings is 1. The molecule has 1 saturated carbocycles. The van der Waals surface area contributed by atoms with Crippen LogP contribution in [-0.4, -0.2) is 26.2 Å². The number of nitrogens with zero attached hydrogens (tertiary/aromatic N) is 2. The number of benzene rings is 1. The highest BCUT2D eigenvalue weighted by Crippen LogP contribution is 2.37. The standard InChI is InChI=1S/C14H14N4O/c15-13-12-11(9-3-1-2-4-10(9)16-13)17-14(18-12)7-5-8(19)6-7/h1-4,7-8,19H,5-6H2,(H2,15,16)(H,17,18)/t7-,8-. The van der Waals surface area contributed by atoms with Crippen molar-refractivity contribution in [2.24, 2.45) is 0 Å². The average Bonchev–Trinajstić information content (AvgIpc) is 2.80. The first kappa shape index (κ1) is 10.8. The van der Waals surface area contributed by atoms with Crippen molar-refractivity contribution in [3.63, 3.8) is 0 Å². The normalized spacial score (nSPS) is 22.8. The van der Waals surface area contributed by atoms with Gasteiger partial charge in [-0.2, -0.15) is 0 Å². The number of aromatic amines is 1. The fourth-order valence-electron chi connectivity index (χ4n) is 2.74. The zero-order chi connectivity index (χ0) is 13.0. The Morgan fingerprint density at radius 2 is 2.00 bits per heavy atom. The molecule has 0 bridgehead atoms. The first-order valence-electron chi connectivity index (χ1n) is 6.44. The van der Waals surface area contributed by atoms with Gasteiger partial charge in [0.2, 0.25) is 0 Å². The molecule has 3 aromatic rings. The van der Waals surface area contributed by atoms with E-state index in [1.54, 1.807) is 0 Å². The zero-order valence-electron chi connectivity index (χ0n) is 10.3. The van der Waals surface area contributed by atoms with Gasteiger partial charge in [-0.15, -0.1) is 0 Å². The largest absolute Gasteiger partial charge is 0.393 e. The van der Waals surface area contributed by atoms with Crippen molar-refractivity contribution in [2.45, 2.75) is 24.9 Å². The SMILES string of the molecule is Nc1nc2ccccc2c2[nH]c([C@H]3C[C@H](O)C3)nc12. The van der Waals surface area contributed by atoms with Crippen LogP contribution in [-0.2, 0) is 0 Å². The maximum absolute atomic E-state index is 9.40. The van der Waals surface area contributed by atoms with E-state index in [0.29, 0.717) is 11.7 Å². The van der Waals surface area contributed by atoms with Crippen LogP contribution in [0.5, 0.6) is 0 Å². The van der Waals surface area contributed by atoms with E-state index in [9.17, 15) is 5.11 Å². The monoisotopic (exact) mass is 254 g/mol. The molecule has 2 aromatic heterocycles. The summed E-state index contributed by atoms with van der Waals surface area (Å²) >= 11 is 0. The van der Waals surface area contributed by atoms with Crippen molar-refractivity contribution >= 4 is 27.8 Å². The molecule has 4 N–H and O–H groups in total. The van der Waals surface area contributed by atoms with Crippen molar-refractivity contribution in [3.8, 4) is 0 Å². The molecule has 1 fully saturated rings. The van der Waals surface area contributed by atoms with E-state index >= 15 is 0 Å². The summed E-state index contributed by atoms with van der Waals surface area (Å²) in [6.07, 6.45) is 1.35. The van der Waals surface area contributed by atoms with Gasteiger partial charge in [0.05, 0.1) is 17.1 Å². The van der Waals surface area contributed by atoms with E-state index in [0.717, 1.165) is 40.6 Å². The Hall–Kier alpha value is -2.14. The van der Waals surface area contributed by atoms with Gasteiger partial charge in [0, 0.05) is 11.3 Å². The van der Waals surface area contributed by atoms with E-state index in [1.165, 1.54) is 0 Å². The lowest BCUT2D eigenvalue weighted by atomic mass is 9.82. The van der Waals surface area contributed by atoms with Crippen LogP contribution in [0.2, 0.25) is 0 Å². The third-order valence-electron chi connectivity index (χ3n) is 3.88. The van der Waals surface area contributed by atoms with Gasteiger partial charge in [0.15, 0.2) is 5.82 Å². The Bertz CT molecular complexity index is 774. The molecule has 0 amide bonds. The molecule has 0 saturated heterocycles. The molecule has 1 aliphatic rings. The second-order valence-electron chi connectivity index (χ2n) is 5.18. The third-order valence-corrected chi connectivity index (χ3v) is 3.88. The summed E-state index contributed by atoms with van der Waals surface area (Å²) in [5, 5.41) is 10.4. The molecule has 0 spiro atoms. The summed E-state index contributed by atoms with van der Waals surface area (Å²) in [4.78, 5) is 12.3.